The van der Waals surface area contributed by atoms with Crippen molar-refractivity contribution in [2.45, 2.75) is 17.7 Å². The number of carbonyl (C=O) groups is 2. The van der Waals surface area contributed by atoms with Crippen LogP contribution in [0.3, 0.4) is 0 Å². The Bertz CT molecular complexity index is 1930. The molecular formula is C35H28N4O3S. The average molecular weight is 585 g/mol. The summed E-state index contributed by atoms with van der Waals surface area (Å²) in [5.74, 6) is 0.847. The van der Waals surface area contributed by atoms with Crippen LogP contribution >= 0.6 is 11.8 Å². The van der Waals surface area contributed by atoms with Crippen molar-refractivity contribution in [2.24, 2.45) is 0 Å². The van der Waals surface area contributed by atoms with E-state index in [-0.39, 0.29) is 22.8 Å². The average Bonchev–Trinajstić information content (AvgIpc) is 3.78. The highest BCUT2D eigenvalue weighted by Crippen LogP contribution is 2.43. The first-order chi connectivity index (χ1) is 21.1. The van der Waals surface area contributed by atoms with Crippen molar-refractivity contribution in [2.75, 3.05) is 11.9 Å². The zero-order valence-electron chi connectivity index (χ0n) is 23.4. The predicted molar refractivity (Wildman–Crippen MR) is 170 cm³/mol. The molecule has 0 saturated carbocycles. The number of para-hydroxylation sites is 1. The quantitative estimate of drug-likeness (QED) is 0.191. The third kappa shape index (κ3) is 5.00. The number of pyridine rings is 1. The maximum atomic E-state index is 14.4. The van der Waals surface area contributed by atoms with Gasteiger partial charge in [-0.15, -0.1) is 11.8 Å². The number of aromatic nitrogens is 3. The molecular weight excluding hydrogens is 556 g/mol. The van der Waals surface area contributed by atoms with E-state index in [0.29, 0.717) is 40.1 Å². The molecule has 7 rings (SSSR count). The molecule has 1 N–H and O–H groups in total. The van der Waals surface area contributed by atoms with Crippen LogP contribution in [-0.4, -0.2) is 33.3 Å². The second-order valence-corrected chi connectivity index (χ2v) is 11.5. The van der Waals surface area contributed by atoms with E-state index in [1.54, 1.807) is 29.9 Å². The fourth-order valence-electron chi connectivity index (χ4n) is 5.55. The van der Waals surface area contributed by atoms with Crippen molar-refractivity contribution >= 4 is 40.0 Å². The van der Waals surface area contributed by atoms with Gasteiger partial charge in [-0.1, -0.05) is 54.6 Å². The van der Waals surface area contributed by atoms with E-state index in [4.69, 9.17) is 4.74 Å². The van der Waals surface area contributed by atoms with E-state index >= 15 is 0 Å². The minimum absolute atomic E-state index is 0.0443. The van der Waals surface area contributed by atoms with Crippen molar-refractivity contribution in [3.05, 3.63) is 149 Å². The monoisotopic (exact) mass is 584 g/mol. The lowest BCUT2D eigenvalue weighted by atomic mass is 9.99. The van der Waals surface area contributed by atoms with E-state index in [9.17, 15) is 9.59 Å². The van der Waals surface area contributed by atoms with Crippen molar-refractivity contribution < 1.29 is 14.3 Å². The second kappa shape index (κ2) is 11.3. The molecule has 7 nitrogen and oxygen atoms in total. The van der Waals surface area contributed by atoms with Crippen molar-refractivity contribution in [3.8, 4) is 5.75 Å². The fraction of sp³-hybridized carbons (Fsp3) is 0.114. The Balaban J connectivity index is 1.28. The Labute approximate surface area is 253 Å². The van der Waals surface area contributed by atoms with Gasteiger partial charge in [0.2, 0.25) is 0 Å². The molecule has 1 unspecified atom stereocenters. The number of rotatable bonds is 8. The molecule has 0 aliphatic carbocycles. The third-order valence-corrected chi connectivity index (χ3v) is 9.03. The fourth-order valence-corrected chi connectivity index (χ4v) is 6.86. The van der Waals surface area contributed by atoms with Crippen LogP contribution in [0.1, 0.15) is 48.6 Å². The SMILES string of the molecule is CN(C(=O)c1[nH]c2cc(OCc3ccccc3)ccc2c1C(=O)c1ccn2c1CSC2c1cccnc1)c1ccccc1. The van der Waals surface area contributed by atoms with Crippen LogP contribution in [0.15, 0.2) is 116 Å². The first kappa shape index (κ1) is 26.8. The first-order valence-corrected chi connectivity index (χ1v) is 15.0. The van der Waals surface area contributed by atoms with E-state index in [2.05, 4.69) is 20.6 Å². The molecule has 0 radical (unpaired) electrons. The molecule has 0 fully saturated rings. The summed E-state index contributed by atoms with van der Waals surface area (Å²) in [7, 11) is 1.72. The molecule has 1 amide bonds. The number of hydrogen-bond donors (Lipinski definition) is 1. The normalized spacial score (nSPS) is 14.0. The molecule has 1 atom stereocenters. The summed E-state index contributed by atoms with van der Waals surface area (Å²) in [6, 6.07) is 30.7. The highest BCUT2D eigenvalue weighted by molar-refractivity contribution is 7.99. The van der Waals surface area contributed by atoms with Gasteiger partial charge in [-0.25, -0.2) is 0 Å². The molecule has 3 aromatic carbocycles. The van der Waals surface area contributed by atoms with Crippen molar-refractivity contribution in [1.82, 2.24) is 14.5 Å². The smallest absolute Gasteiger partial charge is 0.275 e. The summed E-state index contributed by atoms with van der Waals surface area (Å²) >= 11 is 1.75. The number of anilines is 1. The van der Waals surface area contributed by atoms with Crippen LogP contribution in [0, 0.1) is 0 Å². The van der Waals surface area contributed by atoms with Gasteiger partial charge in [-0.2, -0.15) is 0 Å². The Morgan fingerprint density at radius 3 is 2.56 bits per heavy atom. The Morgan fingerprint density at radius 1 is 1.00 bits per heavy atom. The summed E-state index contributed by atoms with van der Waals surface area (Å²) in [5.41, 5.74) is 5.68. The lowest BCUT2D eigenvalue weighted by Gasteiger charge is -2.17. The van der Waals surface area contributed by atoms with Gasteiger partial charge in [0, 0.05) is 65.4 Å². The molecule has 0 spiro atoms. The summed E-state index contributed by atoms with van der Waals surface area (Å²) in [4.78, 5) is 37.5. The molecule has 212 valence electrons. The van der Waals surface area contributed by atoms with Crippen LogP contribution in [0.2, 0.25) is 0 Å². The number of thioether (sulfide) groups is 1. The van der Waals surface area contributed by atoms with Gasteiger partial charge in [0.05, 0.1) is 11.1 Å². The predicted octanol–water partition coefficient (Wildman–Crippen LogP) is 7.24. The molecule has 1 aliphatic rings. The summed E-state index contributed by atoms with van der Waals surface area (Å²) in [6.45, 7) is 0.411. The van der Waals surface area contributed by atoms with Gasteiger partial charge in [-0.3, -0.25) is 14.6 Å². The van der Waals surface area contributed by atoms with Gasteiger partial charge in [0.25, 0.3) is 5.91 Å². The van der Waals surface area contributed by atoms with Gasteiger partial charge < -0.3 is 19.2 Å². The van der Waals surface area contributed by atoms with E-state index < -0.39 is 0 Å². The van der Waals surface area contributed by atoms with E-state index in [0.717, 1.165) is 22.5 Å². The Morgan fingerprint density at radius 2 is 1.79 bits per heavy atom. The Kier molecular flexibility index (Phi) is 7.04. The van der Waals surface area contributed by atoms with Crippen LogP contribution in [0.25, 0.3) is 10.9 Å². The lowest BCUT2D eigenvalue weighted by molar-refractivity contribution is 0.0973. The van der Waals surface area contributed by atoms with Crippen molar-refractivity contribution in [3.63, 3.8) is 0 Å². The van der Waals surface area contributed by atoms with Crippen LogP contribution in [-0.2, 0) is 12.4 Å². The maximum absolute atomic E-state index is 14.4. The zero-order valence-corrected chi connectivity index (χ0v) is 24.3. The van der Waals surface area contributed by atoms with Crippen LogP contribution in [0.4, 0.5) is 5.69 Å². The number of benzene rings is 3. The molecule has 3 aromatic heterocycles. The number of amides is 1. The number of nitrogens with one attached hydrogen (secondary N) is 1. The highest BCUT2D eigenvalue weighted by Gasteiger charge is 2.32. The third-order valence-electron chi connectivity index (χ3n) is 7.78. The minimum atomic E-state index is -0.295. The number of ether oxygens (including phenoxy) is 1. The van der Waals surface area contributed by atoms with Crippen molar-refractivity contribution in [1.29, 1.82) is 0 Å². The topological polar surface area (TPSA) is 80.2 Å². The summed E-state index contributed by atoms with van der Waals surface area (Å²) in [5, 5.41) is 0.721. The van der Waals surface area contributed by atoms with Gasteiger partial charge in [0.15, 0.2) is 5.78 Å². The number of carbonyl (C=O) groups excluding carboxylic acids is 2. The zero-order chi connectivity index (χ0) is 29.3. The Hall–Kier alpha value is -5.08. The first-order valence-electron chi connectivity index (χ1n) is 14.0. The number of fused-ring (bicyclic) bond motifs is 2. The number of H-pyrrole nitrogens is 1. The molecule has 43 heavy (non-hydrogen) atoms. The number of nitrogens with zero attached hydrogens (tertiary/aromatic N) is 3. The molecule has 1 aliphatic heterocycles. The van der Waals surface area contributed by atoms with E-state index in [1.807, 2.05) is 103 Å². The van der Waals surface area contributed by atoms with Crippen LogP contribution in [0.5, 0.6) is 5.75 Å². The second-order valence-electron chi connectivity index (χ2n) is 10.4. The highest BCUT2D eigenvalue weighted by atomic mass is 32.2. The van der Waals surface area contributed by atoms with Crippen LogP contribution < -0.4 is 9.64 Å². The molecule has 0 bridgehead atoms. The van der Waals surface area contributed by atoms with Gasteiger partial charge >= 0.3 is 0 Å². The van der Waals surface area contributed by atoms with Gasteiger partial charge in [0.1, 0.15) is 23.4 Å². The molecule has 6 aromatic rings. The minimum Gasteiger partial charge on any atom is -0.489 e. The summed E-state index contributed by atoms with van der Waals surface area (Å²) in [6.07, 6.45) is 5.58. The summed E-state index contributed by atoms with van der Waals surface area (Å²) < 4.78 is 8.20. The van der Waals surface area contributed by atoms with E-state index in [1.165, 1.54) is 0 Å². The maximum Gasteiger partial charge on any atom is 0.275 e. The molecule has 8 heteroatoms. The number of aromatic amines is 1. The standard InChI is InChI=1S/C35H28N4O3S/c1-38(25-12-6-3-7-13-25)34(41)32-31(27-15-14-26(19-29(27)37-32)42-21-23-9-4-2-5-10-23)33(40)28-16-18-39-30(28)22-43-35(39)24-11-8-17-36-20-24/h2-20,35,37H,21-22H2,1H3. The number of hydrogen-bond acceptors (Lipinski definition) is 5. The molecule has 0 saturated heterocycles. The lowest BCUT2D eigenvalue weighted by Crippen LogP contribution is -2.28. The number of ketones is 1. The largest absolute Gasteiger partial charge is 0.489 e. The molecule has 4 heterocycles. The van der Waals surface area contributed by atoms with Gasteiger partial charge in [-0.05, 0) is 42.0 Å².